The average Bonchev–Trinajstić information content (AvgIpc) is 2.64. The molecular weight excluding hydrogens is 300 g/mol. The highest BCUT2D eigenvalue weighted by molar-refractivity contribution is 5.90. The van der Waals surface area contributed by atoms with Gasteiger partial charge in [0.2, 0.25) is 0 Å². The molecule has 0 atom stereocenters. The van der Waals surface area contributed by atoms with Crippen LogP contribution in [-0.4, -0.2) is 17.7 Å². The first-order chi connectivity index (χ1) is 11.7. The van der Waals surface area contributed by atoms with Gasteiger partial charge in [-0.15, -0.1) is 0 Å². The summed E-state index contributed by atoms with van der Waals surface area (Å²) in [5.41, 5.74) is 1.70. The third-order valence-electron chi connectivity index (χ3n) is 4.72. The van der Waals surface area contributed by atoms with E-state index in [4.69, 9.17) is 4.74 Å². The van der Waals surface area contributed by atoms with Crippen molar-refractivity contribution in [1.82, 2.24) is 0 Å². The van der Waals surface area contributed by atoms with Crippen molar-refractivity contribution in [3.05, 3.63) is 83.1 Å². The molecule has 0 radical (unpaired) electrons. The highest BCUT2D eigenvalue weighted by Gasteiger charge is 2.43. The van der Waals surface area contributed by atoms with E-state index in [1.807, 2.05) is 60.7 Å². The predicted molar refractivity (Wildman–Crippen MR) is 93.8 cm³/mol. The first-order valence-electron chi connectivity index (χ1n) is 8.41. The third kappa shape index (κ3) is 2.71. The lowest BCUT2D eigenvalue weighted by Crippen LogP contribution is -2.35. The summed E-state index contributed by atoms with van der Waals surface area (Å²) >= 11 is 0. The van der Waals surface area contributed by atoms with Crippen LogP contribution in [0.5, 0.6) is 0 Å². The van der Waals surface area contributed by atoms with Crippen molar-refractivity contribution in [2.45, 2.75) is 31.6 Å². The molecular formula is C21H22O3. The van der Waals surface area contributed by atoms with Crippen molar-refractivity contribution in [2.75, 3.05) is 6.61 Å². The maximum atomic E-state index is 12.3. The molecule has 0 aromatic heterocycles. The van der Waals surface area contributed by atoms with E-state index in [1.165, 1.54) is 0 Å². The molecule has 0 unspecified atom stereocenters. The van der Waals surface area contributed by atoms with E-state index in [0.717, 1.165) is 24.0 Å². The molecule has 1 aliphatic rings. The predicted octanol–water partition coefficient (Wildman–Crippen LogP) is 4.53. The van der Waals surface area contributed by atoms with Crippen LogP contribution >= 0.6 is 0 Å². The zero-order chi connectivity index (χ0) is 17.0. The SMILES string of the molecule is CCOC(=O)C1=C(O)C(c2ccccc2)(c2ccccc2)CCC1. The number of esters is 1. The minimum absolute atomic E-state index is 0.129. The lowest BCUT2D eigenvalue weighted by atomic mass is 9.65. The number of benzene rings is 2. The Morgan fingerprint density at radius 3 is 2.08 bits per heavy atom. The van der Waals surface area contributed by atoms with Gasteiger partial charge >= 0.3 is 5.97 Å². The van der Waals surface area contributed by atoms with Crippen molar-refractivity contribution >= 4 is 5.97 Å². The zero-order valence-electron chi connectivity index (χ0n) is 13.9. The fourth-order valence-electron chi connectivity index (χ4n) is 3.62. The highest BCUT2D eigenvalue weighted by atomic mass is 16.5. The molecule has 0 amide bonds. The fraction of sp³-hybridized carbons (Fsp3) is 0.286. The molecule has 24 heavy (non-hydrogen) atoms. The number of carbonyl (C=O) groups excluding carboxylic acids is 1. The van der Waals surface area contributed by atoms with Gasteiger partial charge in [0.1, 0.15) is 5.76 Å². The van der Waals surface area contributed by atoms with Crippen LogP contribution in [0.2, 0.25) is 0 Å². The van der Waals surface area contributed by atoms with E-state index >= 15 is 0 Å². The van der Waals surface area contributed by atoms with E-state index in [1.54, 1.807) is 6.92 Å². The van der Waals surface area contributed by atoms with Crippen LogP contribution in [0.4, 0.5) is 0 Å². The molecule has 0 heterocycles. The van der Waals surface area contributed by atoms with Crippen LogP contribution in [0.15, 0.2) is 72.0 Å². The first kappa shape index (κ1) is 16.3. The Morgan fingerprint density at radius 2 is 1.58 bits per heavy atom. The minimum Gasteiger partial charge on any atom is -0.510 e. The first-order valence-corrected chi connectivity index (χ1v) is 8.41. The molecule has 3 nitrogen and oxygen atoms in total. The Labute approximate surface area is 142 Å². The number of hydrogen-bond acceptors (Lipinski definition) is 3. The number of allylic oxidation sites excluding steroid dienone is 1. The number of hydrogen-bond donors (Lipinski definition) is 1. The second-order valence-electron chi connectivity index (χ2n) is 6.04. The molecule has 1 N–H and O–H groups in total. The Balaban J connectivity index is 2.22. The molecule has 2 aromatic rings. The summed E-state index contributed by atoms with van der Waals surface area (Å²) in [6.07, 6.45) is 2.13. The number of rotatable bonds is 4. The molecule has 0 saturated heterocycles. The van der Waals surface area contributed by atoms with E-state index in [9.17, 15) is 9.90 Å². The second kappa shape index (κ2) is 6.91. The minimum atomic E-state index is -0.692. The summed E-state index contributed by atoms with van der Waals surface area (Å²) in [6.45, 7) is 2.08. The number of carbonyl (C=O) groups is 1. The van der Waals surface area contributed by atoms with Crippen molar-refractivity contribution in [3.8, 4) is 0 Å². The largest absolute Gasteiger partial charge is 0.510 e. The standard InChI is InChI=1S/C21H22O3/c1-2-24-20(23)18-14-9-15-21(19(18)22,16-10-5-3-6-11-16)17-12-7-4-8-13-17/h3-8,10-13,22H,2,9,14-15H2,1H3. The normalized spacial score (nSPS) is 16.7. The molecule has 0 bridgehead atoms. The fourth-order valence-corrected chi connectivity index (χ4v) is 3.62. The third-order valence-corrected chi connectivity index (χ3v) is 4.72. The smallest absolute Gasteiger partial charge is 0.337 e. The van der Waals surface area contributed by atoms with Gasteiger partial charge in [-0.05, 0) is 37.3 Å². The summed E-state index contributed by atoms with van der Waals surface area (Å²) in [6, 6.07) is 19.8. The lowest BCUT2D eigenvalue weighted by Gasteiger charge is -2.38. The van der Waals surface area contributed by atoms with Crippen LogP contribution in [0.3, 0.4) is 0 Å². The van der Waals surface area contributed by atoms with Gasteiger partial charge in [0.15, 0.2) is 0 Å². The van der Waals surface area contributed by atoms with Crippen molar-refractivity contribution < 1.29 is 14.6 Å². The van der Waals surface area contributed by atoms with Gasteiger partial charge in [-0.2, -0.15) is 0 Å². The van der Waals surface area contributed by atoms with E-state index < -0.39 is 11.4 Å². The molecule has 3 heteroatoms. The Bertz CT molecular complexity index is 693. The summed E-state index contributed by atoms with van der Waals surface area (Å²) in [5.74, 6) is -0.282. The molecule has 1 aliphatic carbocycles. The van der Waals surface area contributed by atoms with Crippen LogP contribution < -0.4 is 0 Å². The zero-order valence-corrected chi connectivity index (χ0v) is 13.9. The number of aliphatic hydroxyl groups excluding tert-OH is 1. The van der Waals surface area contributed by atoms with Crippen molar-refractivity contribution in [3.63, 3.8) is 0 Å². The number of ether oxygens (including phenoxy) is 1. The summed E-state index contributed by atoms with van der Waals surface area (Å²) in [4.78, 5) is 12.3. The summed E-state index contributed by atoms with van der Waals surface area (Å²) in [5, 5.41) is 11.2. The van der Waals surface area contributed by atoms with Crippen LogP contribution in [-0.2, 0) is 14.9 Å². The van der Waals surface area contributed by atoms with E-state index in [0.29, 0.717) is 18.6 Å². The average molecular weight is 322 g/mol. The van der Waals surface area contributed by atoms with Gasteiger partial charge in [0.25, 0.3) is 0 Å². The van der Waals surface area contributed by atoms with Gasteiger partial charge in [-0.25, -0.2) is 4.79 Å². The van der Waals surface area contributed by atoms with Crippen molar-refractivity contribution in [1.29, 1.82) is 0 Å². The number of aliphatic hydroxyl groups is 1. The van der Waals surface area contributed by atoms with Crippen LogP contribution in [0, 0.1) is 0 Å². The molecule has 0 fully saturated rings. The Kier molecular flexibility index (Phi) is 4.70. The lowest BCUT2D eigenvalue weighted by molar-refractivity contribution is -0.139. The van der Waals surface area contributed by atoms with Gasteiger partial charge in [-0.3, -0.25) is 0 Å². The molecule has 3 rings (SSSR count). The Hall–Kier alpha value is -2.55. The Morgan fingerprint density at radius 1 is 1.04 bits per heavy atom. The monoisotopic (exact) mass is 322 g/mol. The maximum absolute atomic E-state index is 12.3. The quantitative estimate of drug-likeness (QED) is 0.841. The summed E-state index contributed by atoms with van der Waals surface area (Å²) in [7, 11) is 0. The van der Waals surface area contributed by atoms with E-state index in [2.05, 4.69) is 0 Å². The second-order valence-corrected chi connectivity index (χ2v) is 6.04. The van der Waals surface area contributed by atoms with Crippen LogP contribution in [0.25, 0.3) is 0 Å². The molecule has 0 spiro atoms. The molecule has 124 valence electrons. The van der Waals surface area contributed by atoms with E-state index in [-0.39, 0.29) is 5.76 Å². The maximum Gasteiger partial charge on any atom is 0.337 e. The summed E-state index contributed by atoms with van der Waals surface area (Å²) < 4.78 is 5.16. The van der Waals surface area contributed by atoms with Gasteiger partial charge in [0, 0.05) is 0 Å². The van der Waals surface area contributed by atoms with Crippen molar-refractivity contribution in [2.24, 2.45) is 0 Å². The van der Waals surface area contributed by atoms with Gasteiger partial charge in [0.05, 0.1) is 17.6 Å². The molecule has 0 aliphatic heterocycles. The highest BCUT2D eigenvalue weighted by Crippen LogP contribution is 2.47. The van der Waals surface area contributed by atoms with Gasteiger partial charge < -0.3 is 9.84 Å². The topological polar surface area (TPSA) is 46.5 Å². The molecule has 0 saturated carbocycles. The van der Waals surface area contributed by atoms with Gasteiger partial charge in [-0.1, -0.05) is 60.7 Å². The molecule has 2 aromatic carbocycles. The van der Waals surface area contributed by atoms with Crippen LogP contribution in [0.1, 0.15) is 37.3 Å².